The fourth-order valence-corrected chi connectivity index (χ4v) is 3.91. The first-order valence-electron chi connectivity index (χ1n) is 9.20. The molecule has 4 aromatic rings. The Bertz CT molecular complexity index is 912. The molecular formula is C26H20. The SMILES string of the molecule is c1cc2cc(c1)-c1cccc(c1)Cc1cccc(c1)-c1cccc(c1)C2. The maximum atomic E-state index is 2.33. The van der Waals surface area contributed by atoms with E-state index in [9.17, 15) is 0 Å². The minimum atomic E-state index is 0.959. The molecule has 0 atom stereocenters. The normalized spacial score (nSPS) is 12.3. The first-order chi connectivity index (χ1) is 12.8. The molecule has 0 spiro atoms. The molecule has 1 aliphatic rings. The van der Waals surface area contributed by atoms with Crippen molar-refractivity contribution in [3.63, 3.8) is 0 Å². The Labute approximate surface area is 154 Å². The van der Waals surface area contributed by atoms with Crippen LogP contribution in [0.3, 0.4) is 0 Å². The molecule has 0 aliphatic heterocycles. The summed E-state index contributed by atoms with van der Waals surface area (Å²) in [6.07, 6.45) is 1.92. The number of rotatable bonds is 0. The molecule has 0 saturated heterocycles. The van der Waals surface area contributed by atoms with Gasteiger partial charge in [0.2, 0.25) is 0 Å². The highest BCUT2D eigenvalue weighted by Crippen LogP contribution is 2.27. The molecule has 0 unspecified atom stereocenters. The topological polar surface area (TPSA) is 0 Å². The van der Waals surface area contributed by atoms with Crippen molar-refractivity contribution in [1.82, 2.24) is 0 Å². The minimum absolute atomic E-state index is 0.959. The van der Waals surface area contributed by atoms with Gasteiger partial charge in [-0.2, -0.15) is 0 Å². The molecule has 0 heterocycles. The fraction of sp³-hybridized carbons (Fsp3) is 0.0769. The number of fused-ring (bicyclic) bond motifs is 10. The largest absolute Gasteiger partial charge is 0.0614 e. The van der Waals surface area contributed by atoms with Crippen LogP contribution >= 0.6 is 0 Å². The van der Waals surface area contributed by atoms with Gasteiger partial charge in [-0.1, -0.05) is 97.1 Å². The summed E-state index contributed by atoms with van der Waals surface area (Å²) in [5.74, 6) is 0. The van der Waals surface area contributed by atoms with E-state index in [2.05, 4.69) is 97.1 Å². The van der Waals surface area contributed by atoms with Crippen molar-refractivity contribution in [2.24, 2.45) is 0 Å². The van der Waals surface area contributed by atoms with Crippen LogP contribution in [0.4, 0.5) is 0 Å². The number of benzene rings is 4. The minimum Gasteiger partial charge on any atom is -0.0614 e. The average Bonchev–Trinajstić information content (AvgIpc) is 2.68. The van der Waals surface area contributed by atoms with Crippen molar-refractivity contribution in [3.8, 4) is 22.3 Å². The summed E-state index contributed by atoms with van der Waals surface area (Å²) < 4.78 is 0. The lowest BCUT2D eigenvalue weighted by Crippen LogP contribution is -1.93. The van der Waals surface area contributed by atoms with Crippen LogP contribution in [0.2, 0.25) is 0 Å². The average molecular weight is 332 g/mol. The zero-order valence-electron chi connectivity index (χ0n) is 14.7. The van der Waals surface area contributed by atoms with Crippen molar-refractivity contribution in [3.05, 3.63) is 119 Å². The van der Waals surface area contributed by atoms with Crippen molar-refractivity contribution < 1.29 is 0 Å². The van der Waals surface area contributed by atoms with Gasteiger partial charge in [-0.25, -0.2) is 0 Å². The first kappa shape index (κ1) is 15.2. The fourth-order valence-electron chi connectivity index (χ4n) is 3.91. The van der Waals surface area contributed by atoms with Gasteiger partial charge in [0.05, 0.1) is 0 Å². The summed E-state index contributed by atoms with van der Waals surface area (Å²) in [5.41, 5.74) is 10.6. The van der Waals surface area contributed by atoms with Crippen LogP contribution in [0.5, 0.6) is 0 Å². The second-order valence-corrected chi connectivity index (χ2v) is 7.16. The van der Waals surface area contributed by atoms with E-state index in [1.165, 1.54) is 44.5 Å². The van der Waals surface area contributed by atoms with Crippen molar-refractivity contribution in [2.45, 2.75) is 12.8 Å². The summed E-state index contributed by atoms with van der Waals surface area (Å²) in [7, 11) is 0. The van der Waals surface area contributed by atoms with Gasteiger partial charge in [-0.05, 0) is 57.3 Å². The second-order valence-electron chi connectivity index (χ2n) is 7.16. The lowest BCUT2D eigenvalue weighted by atomic mass is 9.93. The van der Waals surface area contributed by atoms with Gasteiger partial charge >= 0.3 is 0 Å². The lowest BCUT2D eigenvalue weighted by Gasteiger charge is -2.12. The zero-order valence-corrected chi connectivity index (χ0v) is 14.7. The van der Waals surface area contributed by atoms with Gasteiger partial charge in [0.15, 0.2) is 0 Å². The maximum absolute atomic E-state index is 2.33. The van der Waals surface area contributed by atoms with Gasteiger partial charge in [-0.15, -0.1) is 0 Å². The third-order valence-corrected chi connectivity index (χ3v) is 5.19. The predicted octanol–water partition coefficient (Wildman–Crippen LogP) is 6.52. The van der Waals surface area contributed by atoms with Gasteiger partial charge in [-0.3, -0.25) is 0 Å². The molecule has 0 aromatic heterocycles. The molecule has 0 N–H and O–H groups in total. The Balaban J connectivity index is 1.73. The molecule has 0 heteroatoms. The van der Waals surface area contributed by atoms with Gasteiger partial charge in [0, 0.05) is 0 Å². The number of hydrogen-bond acceptors (Lipinski definition) is 0. The molecule has 5 rings (SSSR count). The maximum Gasteiger partial charge on any atom is -0.00253 e. The Hall–Kier alpha value is -3.12. The Morgan fingerprint density at radius 3 is 0.885 bits per heavy atom. The van der Waals surface area contributed by atoms with Crippen LogP contribution in [0, 0.1) is 0 Å². The summed E-state index contributed by atoms with van der Waals surface area (Å²) >= 11 is 0. The third-order valence-electron chi connectivity index (χ3n) is 5.19. The molecule has 0 fully saturated rings. The van der Waals surface area contributed by atoms with Crippen molar-refractivity contribution in [2.75, 3.05) is 0 Å². The monoisotopic (exact) mass is 332 g/mol. The summed E-state index contributed by atoms with van der Waals surface area (Å²) in [6, 6.07) is 35.8. The summed E-state index contributed by atoms with van der Waals surface area (Å²) in [4.78, 5) is 0. The second kappa shape index (κ2) is 6.31. The van der Waals surface area contributed by atoms with E-state index in [1.54, 1.807) is 0 Å². The molecular weight excluding hydrogens is 312 g/mol. The van der Waals surface area contributed by atoms with Crippen LogP contribution < -0.4 is 0 Å². The van der Waals surface area contributed by atoms with E-state index in [0.29, 0.717) is 0 Å². The first-order valence-corrected chi connectivity index (χ1v) is 9.20. The molecule has 124 valence electrons. The van der Waals surface area contributed by atoms with Crippen LogP contribution in [0.1, 0.15) is 22.3 Å². The third kappa shape index (κ3) is 2.95. The van der Waals surface area contributed by atoms with Crippen LogP contribution in [0.15, 0.2) is 97.1 Å². The van der Waals surface area contributed by atoms with E-state index < -0.39 is 0 Å². The molecule has 0 amide bonds. The molecule has 0 saturated carbocycles. The van der Waals surface area contributed by atoms with Gasteiger partial charge in [0.25, 0.3) is 0 Å². The van der Waals surface area contributed by atoms with E-state index in [1.807, 2.05) is 0 Å². The van der Waals surface area contributed by atoms with Gasteiger partial charge in [0.1, 0.15) is 0 Å². The summed E-state index contributed by atoms with van der Waals surface area (Å²) in [6.45, 7) is 0. The molecule has 1 aliphatic carbocycles. The van der Waals surface area contributed by atoms with Crippen LogP contribution in [0.25, 0.3) is 22.3 Å². The molecule has 0 nitrogen and oxygen atoms in total. The van der Waals surface area contributed by atoms with E-state index in [0.717, 1.165) is 12.8 Å². The van der Waals surface area contributed by atoms with E-state index in [4.69, 9.17) is 0 Å². The molecule has 26 heavy (non-hydrogen) atoms. The van der Waals surface area contributed by atoms with Crippen molar-refractivity contribution >= 4 is 0 Å². The highest BCUT2D eigenvalue weighted by Gasteiger charge is 2.07. The highest BCUT2D eigenvalue weighted by molar-refractivity contribution is 5.67. The van der Waals surface area contributed by atoms with Crippen LogP contribution in [-0.4, -0.2) is 0 Å². The summed E-state index contributed by atoms with van der Waals surface area (Å²) in [5, 5.41) is 0. The number of hydrogen-bond donors (Lipinski definition) is 0. The van der Waals surface area contributed by atoms with Gasteiger partial charge < -0.3 is 0 Å². The Morgan fingerprint density at radius 1 is 0.346 bits per heavy atom. The molecule has 8 bridgehead atoms. The van der Waals surface area contributed by atoms with Crippen LogP contribution in [-0.2, 0) is 12.8 Å². The molecule has 0 radical (unpaired) electrons. The van der Waals surface area contributed by atoms with E-state index >= 15 is 0 Å². The Kier molecular flexibility index (Phi) is 3.68. The lowest BCUT2D eigenvalue weighted by molar-refractivity contribution is 1.18. The van der Waals surface area contributed by atoms with Crippen molar-refractivity contribution in [1.29, 1.82) is 0 Å². The smallest absolute Gasteiger partial charge is 0.00253 e. The molecule has 4 aromatic carbocycles. The standard InChI is InChI=1S/C26H20/c1-5-19-13-20-6-3-11-25(17-20)26-12-4-8-22(18-26)14-21-7-2-10-24(16-21)23(9-1)15-19/h1-12,15-18H,13-14H2. The highest BCUT2D eigenvalue weighted by atomic mass is 14.1. The van der Waals surface area contributed by atoms with E-state index in [-0.39, 0.29) is 0 Å². The predicted molar refractivity (Wildman–Crippen MR) is 109 cm³/mol. The quantitative estimate of drug-likeness (QED) is 0.303. The zero-order chi connectivity index (χ0) is 17.3. The Morgan fingerprint density at radius 2 is 0.615 bits per heavy atom.